The van der Waals surface area contributed by atoms with E-state index in [-0.39, 0.29) is 18.6 Å². The fraction of sp³-hybridized carbons (Fsp3) is 0.526. The lowest BCUT2D eigenvalue weighted by molar-refractivity contribution is -0.143. The predicted molar refractivity (Wildman–Crippen MR) is 94.0 cm³/mol. The highest BCUT2D eigenvalue weighted by Gasteiger charge is 2.29. The van der Waals surface area contributed by atoms with E-state index >= 15 is 0 Å². The van der Waals surface area contributed by atoms with Gasteiger partial charge in [-0.3, -0.25) is 9.59 Å². The van der Waals surface area contributed by atoms with Crippen molar-refractivity contribution in [3.05, 3.63) is 23.8 Å². The monoisotopic (exact) mass is 360 g/mol. The van der Waals surface area contributed by atoms with E-state index in [0.29, 0.717) is 29.9 Å². The lowest BCUT2D eigenvalue weighted by atomic mass is 9.87. The first kappa shape index (κ1) is 19.6. The first-order valence-corrected chi connectivity index (χ1v) is 8.78. The molecule has 2 unspecified atom stereocenters. The zero-order valence-electron chi connectivity index (χ0n) is 14.9. The van der Waals surface area contributed by atoms with Crippen LogP contribution in [0, 0.1) is 17.2 Å². The SMILES string of the molecule is COc1cc(C#N)ccc1OCC(=O)NC1CCCCCCC1C(=O)O. The van der Waals surface area contributed by atoms with Crippen molar-refractivity contribution >= 4 is 11.9 Å². The number of benzene rings is 1. The van der Waals surface area contributed by atoms with Crippen molar-refractivity contribution in [2.24, 2.45) is 5.92 Å². The van der Waals surface area contributed by atoms with Crippen LogP contribution in [0.5, 0.6) is 11.5 Å². The van der Waals surface area contributed by atoms with Crippen LogP contribution in [-0.2, 0) is 9.59 Å². The zero-order valence-corrected chi connectivity index (χ0v) is 14.9. The van der Waals surface area contributed by atoms with E-state index in [1.807, 2.05) is 6.07 Å². The van der Waals surface area contributed by atoms with Crippen molar-refractivity contribution in [3.8, 4) is 17.6 Å². The highest BCUT2D eigenvalue weighted by molar-refractivity contribution is 5.79. The predicted octanol–water partition coefficient (Wildman–Crippen LogP) is 2.49. The van der Waals surface area contributed by atoms with Gasteiger partial charge in [-0.25, -0.2) is 0 Å². The molecule has 0 radical (unpaired) electrons. The molecule has 1 aliphatic rings. The summed E-state index contributed by atoms with van der Waals surface area (Å²) in [5.41, 5.74) is 0.428. The molecular weight excluding hydrogens is 336 g/mol. The molecule has 0 aliphatic heterocycles. The Balaban J connectivity index is 1.96. The number of nitriles is 1. The van der Waals surface area contributed by atoms with E-state index in [1.165, 1.54) is 13.2 Å². The van der Waals surface area contributed by atoms with Crippen LogP contribution in [0.2, 0.25) is 0 Å². The molecule has 26 heavy (non-hydrogen) atoms. The van der Waals surface area contributed by atoms with E-state index in [4.69, 9.17) is 14.7 Å². The van der Waals surface area contributed by atoms with Crippen molar-refractivity contribution in [1.29, 1.82) is 5.26 Å². The van der Waals surface area contributed by atoms with Crippen molar-refractivity contribution in [3.63, 3.8) is 0 Å². The maximum absolute atomic E-state index is 12.3. The molecule has 0 saturated heterocycles. The molecule has 2 N–H and O–H groups in total. The maximum atomic E-state index is 12.3. The summed E-state index contributed by atoms with van der Waals surface area (Å²) in [6.07, 6.45) is 5.08. The molecule has 1 saturated carbocycles. The molecular formula is C19H24N2O5. The quantitative estimate of drug-likeness (QED) is 0.807. The van der Waals surface area contributed by atoms with Crippen LogP contribution in [0.25, 0.3) is 0 Å². The number of carbonyl (C=O) groups excluding carboxylic acids is 1. The highest BCUT2D eigenvalue weighted by Crippen LogP contribution is 2.28. The third kappa shape index (κ3) is 5.38. The summed E-state index contributed by atoms with van der Waals surface area (Å²) >= 11 is 0. The van der Waals surface area contributed by atoms with E-state index < -0.39 is 11.9 Å². The minimum Gasteiger partial charge on any atom is -0.493 e. The Kier molecular flexibility index (Phi) is 7.27. The van der Waals surface area contributed by atoms with Gasteiger partial charge in [-0.2, -0.15) is 5.26 Å². The lowest BCUT2D eigenvalue weighted by Gasteiger charge is -2.27. The van der Waals surface area contributed by atoms with E-state index in [0.717, 1.165) is 25.7 Å². The van der Waals surface area contributed by atoms with Gasteiger partial charge in [-0.15, -0.1) is 0 Å². The standard InChI is InChI=1S/C19H24N2O5/c1-25-17-10-13(11-20)8-9-16(17)26-12-18(22)21-15-7-5-3-2-4-6-14(15)19(23)24/h8-10,14-15H,2-7,12H2,1H3,(H,21,22)(H,23,24). The maximum Gasteiger partial charge on any atom is 0.308 e. The van der Waals surface area contributed by atoms with Crippen molar-refractivity contribution in [2.45, 2.75) is 44.6 Å². The Hall–Kier alpha value is -2.75. The zero-order chi connectivity index (χ0) is 18.9. The van der Waals surface area contributed by atoms with E-state index in [9.17, 15) is 14.7 Å². The van der Waals surface area contributed by atoms with Crippen LogP contribution in [-0.4, -0.2) is 36.7 Å². The van der Waals surface area contributed by atoms with Crippen LogP contribution < -0.4 is 14.8 Å². The second-order valence-electron chi connectivity index (χ2n) is 6.38. The number of methoxy groups -OCH3 is 1. The second-order valence-corrected chi connectivity index (χ2v) is 6.38. The third-order valence-corrected chi connectivity index (χ3v) is 4.58. The number of nitrogens with one attached hydrogen (secondary N) is 1. The summed E-state index contributed by atoms with van der Waals surface area (Å²) < 4.78 is 10.7. The van der Waals surface area contributed by atoms with Gasteiger partial charge in [0.25, 0.3) is 5.91 Å². The number of carboxylic acid groups (broad SMARTS) is 1. The molecule has 0 aromatic heterocycles. The Morgan fingerprint density at radius 1 is 1.23 bits per heavy atom. The number of carbonyl (C=O) groups is 2. The van der Waals surface area contributed by atoms with Gasteiger partial charge in [0.05, 0.1) is 24.7 Å². The number of hydrogen-bond acceptors (Lipinski definition) is 5. The first-order chi connectivity index (χ1) is 12.5. The summed E-state index contributed by atoms with van der Waals surface area (Å²) in [7, 11) is 1.45. The van der Waals surface area contributed by atoms with Crippen molar-refractivity contribution < 1.29 is 24.2 Å². The number of hydrogen-bond donors (Lipinski definition) is 2. The molecule has 1 fully saturated rings. The van der Waals surface area contributed by atoms with E-state index in [2.05, 4.69) is 5.32 Å². The van der Waals surface area contributed by atoms with Gasteiger partial charge in [0.2, 0.25) is 0 Å². The van der Waals surface area contributed by atoms with Crippen LogP contribution in [0.3, 0.4) is 0 Å². The van der Waals surface area contributed by atoms with Gasteiger partial charge < -0.3 is 19.9 Å². The van der Waals surface area contributed by atoms with Gasteiger partial charge in [-0.05, 0) is 25.0 Å². The summed E-state index contributed by atoms with van der Waals surface area (Å²) in [5, 5.41) is 21.2. The topological polar surface area (TPSA) is 109 Å². The van der Waals surface area contributed by atoms with Crippen LogP contribution in [0.4, 0.5) is 0 Å². The molecule has 2 atom stereocenters. The smallest absolute Gasteiger partial charge is 0.308 e. The molecule has 1 aromatic carbocycles. The number of ether oxygens (including phenoxy) is 2. The summed E-state index contributed by atoms with van der Waals surface area (Å²) in [6, 6.07) is 6.30. The van der Waals surface area contributed by atoms with Gasteiger partial charge in [0, 0.05) is 12.1 Å². The van der Waals surface area contributed by atoms with Crippen molar-refractivity contribution in [2.75, 3.05) is 13.7 Å². The molecule has 1 aromatic rings. The van der Waals surface area contributed by atoms with Crippen LogP contribution in [0.15, 0.2) is 18.2 Å². The highest BCUT2D eigenvalue weighted by atomic mass is 16.5. The largest absolute Gasteiger partial charge is 0.493 e. The average Bonchev–Trinajstić information content (AvgIpc) is 2.61. The minimum absolute atomic E-state index is 0.245. The molecule has 0 bridgehead atoms. The molecule has 2 rings (SSSR count). The molecule has 0 heterocycles. The molecule has 7 nitrogen and oxygen atoms in total. The fourth-order valence-corrected chi connectivity index (χ4v) is 3.20. The summed E-state index contributed by atoms with van der Waals surface area (Å²) in [4.78, 5) is 23.8. The van der Waals surface area contributed by atoms with Gasteiger partial charge in [0.15, 0.2) is 18.1 Å². The second kappa shape index (κ2) is 9.66. The van der Waals surface area contributed by atoms with Gasteiger partial charge in [-0.1, -0.05) is 25.7 Å². The van der Waals surface area contributed by atoms with Gasteiger partial charge >= 0.3 is 5.97 Å². The first-order valence-electron chi connectivity index (χ1n) is 8.78. The van der Waals surface area contributed by atoms with Gasteiger partial charge in [0.1, 0.15) is 0 Å². The Labute approximate surface area is 152 Å². The Morgan fingerprint density at radius 2 is 1.96 bits per heavy atom. The number of rotatable bonds is 6. The molecule has 1 amide bonds. The van der Waals surface area contributed by atoms with Crippen molar-refractivity contribution in [1.82, 2.24) is 5.32 Å². The van der Waals surface area contributed by atoms with Crippen LogP contribution >= 0.6 is 0 Å². The normalized spacial score (nSPS) is 20.2. The number of nitrogens with zero attached hydrogens (tertiary/aromatic N) is 1. The molecule has 1 aliphatic carbocycles. The fourth-order valence-electron chi connectivity index (χ4n) is 3.20. The molecule has 140 valence electrons. The average molecular weight is 360 g/mol. The Bertz CT molecular complexity index is 683. The lowest BCUT2D eigenvalue weighted by Crippen LogP contribution is -2.45. The number of amides is 1. The number of aliphatic carboxylic acids is 1. The number of carboxylic acids is 1. The van der Waals surface area contributed by atoms with E-state index in [1.54, 1.807) is 12.1 Å². The van der Waals surface area contributed by atoms with Crippen LogP contribution in [0.1, 0.15) is 44.1 Å². The Morgan fingerprint density at radius 3 is 2.62 bits per heavy atom. The molecule has 0 spiro atoms. The molecule has 7 heteroatoms. The summed E-state index contributed by atoms with van der Waals surface area (Å²) in [5.74, 6) is -1.08. The minimum atomic E-state index is -0.869. The summed E-state index contributed by atoms with van der Waals surface area (Å²) in [6.45, 7) is -0.245. The third-order valence-electron chi connectivity index (χ3n) is 4.58.